The summed E-state index contributed by atoms with van der Waals surface area (Å²) in [4.78, 5) is 26.9. The number of carbonyl (C=O) groups excluding carboxylic acids is 1. The summed E-state index contributed by atoms with van der Waals surface area (Å²) in [5.74, 6) is -0.552. The first-order valence-corrected chi connectivity index (χ1v) is 8.81. The number of hydrogen-bond acceptors (Lipinski definition) is 6. The molecule has 2 aromatic rings. The highest BCUT2D eigenvalue weighted by molar-refractivity contribution is 5.98. The van der Waals surface area contributed by atoms with Crippen LogP contribution >= 0.6 is 24.8 Å². The van der Waals surface area contributed by atoms with E-state index in [-0.39, 0.29) is 30.7 Å². The van der Waals surface area contributed by atoms with Crippen LogP contribution in [0.2, 0.25) is 0 Å². The number of aromatic nitrogens is 1. The lowest BCUT2D eigenvalue weighted by molar-refractivity contribution is -0.140. The molecule has 0 unspecified atom stereocenters. The molecule has 0 spiro atoms. The molecule has 0 radical (unpaired) electrons. The van der Waals surface area contributed by atoms with Gasteiger partial charge in [0.25, 0.3) is 5.91 Å². The van der Waals surface area contributed by atoms with Crippen LogP contribution in [0.4, 0.5) is 5.69 Å². The number of carbonyl (C=O) groups is 1. The van der Waals surface area contributed by atoms with Crippen LogP contribution in [0.5, 0.6) is 0 Å². The van der Waals surface area contributed by atoms with Gasteiger partial charge in [0.2, 0.25) is 0 Å². The standard InChI is InChI=1S/C18H26N4O4.2ClH/c1-21(2)10-11-22-14-12-13(4-5-15(14)26-17(22)24)20-16(23)18(25-3)6-8-19-9-7-18;;/h4-5,12,19H,6-11H2,1-3H3,(H,20,23);2*1H. The number of benzene rings is 1. The Morgan fingerprint density at radius 2 is 2.00 bits per heavy atom. The average Bonchev–Trinajstić information content (AvgIpc) is 2.95. The first-order valence-electron chi connectivity index (χ1n) is 8.81. The molecule has 1 aliphatic rings. The molecule has 1 aromatic heterocycles. The fraction of sp³-hybridized carbons (Fsp3) is 0.556. The Morgan fingerprint density at radius 1 is 1.32 bits per heavy atom. The predicted octanol–water partition coefficient (Wildman–Crippen LogP) is 1.71. The summed E-state index contributed by atoms with van der Waals surface area (Å²) >= 11 is 0. The second kappa shape index (κ2) is 10.3. The smallest absolute Gasteiger partial charge is 0.408 e. The van der Waals surface area contributed by atoms with Gasteiger partial charge in [-0.2, -0.15) is 0 Å². The van der Waals surface area contributed by atoms with Gasteiger partial charge in [0, 0.05) is 25.9 Å². The SMILES string of the molecule is COC1(C(=O)Nc2ccc3oc(=O)n(CCN(C)C)c3c2)CCNCC1.Cl.Cl. The third kappa shape index (κ3) is 5.07. The van der Waals surface area contributed by atoms with Crippen LogP contribution in [0, 0.1) is 0 Å². The van der Waals surface area contributed by atoms with Gasteiger partial charge in [0.15, 0.2) is 5.58 Å². The summed E-state index contributed by atoms with van der Waals surface area (Å²) in [7, 11) is 5.47. The van der Waals surface area contributed by atoms with Crippen molar-refractivity contribution in [2.75, 3.05) is 46.2 Å². The number of ether oxygens (including phenoxy) is 1. The number of amides is 1. The van der Waals surface area contributed by atoms with Gasteiger partial charge in [-0.25, -0.2) is 4.79 Å². The molecule has 0 aliphatic carbocycles. The maximum atomic E-state index is 12.8. The van der Waals surface area contributed by atoms with Crippen LogP contribution in [-0.4, -0.2) is 61.8 Å². The second-order valence-corrected chi connectivity index (χ2v) is 6.91. The molecule has 2 N–H and O–H groups in total. The Bertz CT molecular complexity index is 844. The lowest BCUT2D eigenvalue weighted by Crippen LogP contribution is -2.51. The van der Waals surface area contributed by atoms with Crippen molar-refractivity contribution in [1.82, 2.24) is 14.8 Å². The number of methoxy groups -OCH3 is 1. The highest BCUT2D eigenvalue weighted by Gasteiger charge is 2.39. The summed E-state index contributed by atoms with van der Waals surface area (Å²) in [6.45, 7) is 2.72. The molecule has 1 aromatic carbocycles. The van der Waals surface area contributed by atoms with Crippen molar-refractivity contribution in [3.63, 3.8) is 0 Å². The van der Waals surface area contributed by atoms with Crippen molar-refractivity contribution in [2.24, 2.45) is 0 Å². The van der Waals surface area contributed by atoms with Crippen molar-refractivity contribution in [1.29, 1.82) is 0 Å². The molecule has 2 heterocycles. The van der Waals surface area contributed by atoms with E-state index >= 15 is 0 Å². The molecule has 0 atom stereocenters. The minimum atomic E-state index is -0.818. The number of nitrogens with zero attached hydrogens (tertiary/aromatic N) is 2. The Balaban J connectivity index is 0.00000196. The zero-order valence-corrected chi connectivity index (χ0v) is 18.0. The predicted molar refractivity (Wildman–Crippen MR) is 114 cm³/mol. The fourth-order valence-electron chi connectivity index (χ4n) is 3.25. The number of likely N-dealkylation sites (N-methyl/N-ethyl adjacent to an activating group) is 1. The normalized spacial score (nSPS) is 15.7. The average molecular weight is 435 g/mol. The van der Waals surface area contributed by atoms with E-state index < -0.39 is 11.4 Å². The van der Waals surface area contributed by atoms with E-state index in [1.54, 1.807) is 29.9 Å². The second-order valence-electron chi connectivity index (χ2n) is 6.91. The van der Waals surface area contributed by atoms with Gasteiger partial charge in [0.05, 0.1) is 5.52 Å². The number of oxazole rings is 1. The van der Waals surface area contributed by atoms with E-state index in [1.807, 2.05) is 19.0 Å². The number of piperidine rings is 1. The van der Waals surface area contributed by atoms with Crippen LogP contribution in [0.3, 0.4) is 0 Å². The maximum absolute atomic E-state index is 12.8. The van der Waals surface area contributed by atoms with E-state index in [0.717, 1.165) is 13.1 Å². The number of rotatable bonds is 6. The fourth-order valence-corrected chi connectivity index (χ4v) is 3.25. The molecule has 1 amide bonds. The Morgan fingerprint density at radius 3 is 2.61 bits per heavy atom. The van der Waals surface area contributed by atoms with Crippen molar-refractivity contribution < 1.29 is 13.9 Å². The number of nitrogens with one attached hydrogen (secondary N) is 2. The third-order valence-electron chi connectivity index (χ3n) is 4.91. The minimum absolute atomic E-state index is 0. The van der Waals surface area contributed by atoms with Crippen LogP contribution in [-0.2, 0) is 16.1 Å². The Hall–Kier alpha value is -1.58. The quantitative estimate of drug-likeness (QED) is 0.719. The summed E-state index contributed by atoms with van der Waals surface area (Å²) < 4.78 is 12.4. The van der Waals surface area contributed by atoms with Gasteiger partial charge in [-0.05, 0) is 58.2 Å². The topological polar surface area (TPSA) is 88.7 Å². The first kappa shape index (κ1) is 24.5. The van der Waals surface area contributed by atoms with Crippen LogP contribution in [0.25, 0.3) is 11.1 Å². The Labute approximate surface area is 176 Å². The Kier molecular flexibility index (Phi) is 8.97. The van der Waals surface area contributed by atoms with E-state index in [4.69, 9.17) is 9.15 Å². The van der Waals surface area contributed by atoms with Crippen molar-refractivity contribution in [3.8, 4) is 0 Å². The van der Waals surface area contributed by atoms with Crippen LogP contribution in [0.15, 0.2) is 27.4 Å². The van der Waals surface area contributed by atoms with Gasteiger partial charge in [0.1, 0.15) is 5.60 Å². The highest BCUT2D eigenvalue weighted by Crippen LogP contribution is 2.26. The molecular weight excluding hydrogens is 407 g/mol. The minimum Gasteiger partial charge on any atom is -0.408 e. The van der Waals surface area contributed by atoms with Crippen molar-refractivity contribution >= 4 is 47.5 Å². The molecular formula is C18H28Cl2N4O4. The molecule has 1 saturated heterocycles. The summed E-state index contributed by atoms with van der Waals surface area (Å²) in [5, 5.41) is 6.17. The largest absolute Gasteiger partial charge is 0.419 e. The summed E-state index contributed by atoms with van der Waals surface area (Å²) in [6, 6.07) is 5.22. The lowest BCUT2D eigenvalue weighted by atomic mass is 9.91. The molecule has 1 fully saturated rings. The highest BCUT2D eigenvalue weighted by atomic mass is 35.5. The molecule has 8 nitrogen and oxygen atoms in total. The molecule has 3 rings (SSSR count). The van der Waals surface area contributed by atoms with Gasteiger partial charge in [-0.15, -0.1) is 24.8 Å². The number of anilines is 1. The first-order chi connectivity index (χ1) is 12.4. The monoisotopic (exact) mass is 434 g/mol. The molecule has 0 bridgehead atoms. The third-order valence-corrected chi connectivity index (χ3v) is 4.91. The lowest BCUT2D eigenvalue weighted by Gasteiger charge is -2.34. The zero-order valence-electron chi connectivity index (χ0n) is 16.3. The van der Waals surface area contributed by atoms with E-state index in [1.165, 1.54) is 0 Å². The molecule has 158 valence electrons. The van der Waals surface area contributed by atoms with E-state index in [0.29, 0.717) is 42.7 Å². The van der Waals surface area contributed by atoms with E-state index in [9.17, 15) is 9.59 Å². The summed E-state index contributed by atoms with van der Waals surface area (Å²) in [6.07, 6.45) is 1.24. The molecule has 10 heteroatoms. The van der Waals surface area contributed by atoms with Gasteiger partial charge in [-0.3, -0.25) is 9.36 Å². The molecule has 28 heavy (non-hydrogen) atoms. The number of fused-ring (bicyclic) bond motifs is 1. The molecule has 1 aliphatic heterocycles. The zero-order chi connectivity index (χ0) is 18.7. The maximum Gasteiger partial charge on any atom is 0.419 e. The molecule has 0 saturated carbocycles. The number of halogens is 2. The van der Waals surface area contributed by atoms with Crippen molar-refractivity contribution in [2.45, 2.75) is 25.0 Å². The van der Waals surface area contributed by atoms with Crippen LogP contribution < -0.4 is 16.4 Å². The van der Waals surface area contributed by atoms with Crippen molar-refractivity contribution in [3.05, 3.63) is 28.7 Å². The van der Waals surface area contributed by atoms with Crippen LogP contribution in [0.1, 0.15) is 12.8 Å². The van der Waals surface area contributed by atoms with Gasteiger partial charge >= 0.3 is 5.76 Å². The number of hydrogen-bond donors (Lipinski definition) is 2. The van der Waals surface area contributed by atoms with E-state index in [2.05, 4.69) is 10.6 Å². The van der Waals surface area contributed by atoms with Gasteiger partial charge < -0.3 is 24.7 Å². The summed E-state index contributed by atoms with van der Waals surface area (Å²) in [5.41, 5.74) is 0.986. The van der Waals surface area contributed by atoms with Gasteiger partial charge in [-0.1, -0.05) is 0 Å².